The van der Waals surface area contributed by atoms with Gasteiger partial charge in [-0.05, 0) is 0 Å². The zero-order valence-electron chi connectivity index (χ0n) is 13.8. The number of benzene rings is 1. The molecule has 2 rings (SSSR count). The number of methoxy groups -OCH3 is 2. The minimum absolute atomic E-state index is 0.0349. The lowest BCUT2D eigenvalue weighted by Crippen LogP contribution is -2.37. The summed E-state index contributed by atoms with van der Waals surface area (Å²) in [6.07, 6.45) is -0.825. The first-order valence-corrected chi connectivity index (χ1v) is 7.38. The van der Waals surface area contributed by atoms with Crippen molar-refractivity contribution in [3.05, 3.63) is 17.7 Å². The zero-order valence-corrected chi connectivity index (χ0v) is 13.8. The molecule has 0 saturated carbocycles. The second kappa shape index (κ2) is 8.51. The van der Waals surface area contributed by atoms with Crippen LogP contribution in [0.5, 0.6) is 17.2 Å². The van der Waals surface area contributed by atoms with Crippen molar-refractivity contribution in [2.24, 2.45) is 0 Å². The number of carbonyl (C=O) groups is 2. The molecule has 0 fully saturated rings. The highest BCUT2D eigenvalue weighted by atomic mass is 16.7. The fourth-order valence-electron chi connectivity index (χ4n) is 2.10. The molecular formula is C16H20O8. The highest BCUT2D eigenvalue weighted by Crippen LogP contribution is 2.38. The third kappa shape index (κ3) is 4.15. The third-order valence-electron chi connectivity index (χ3n) is 3.21. The highest BCUT2D eigenvalue weighted by molar-refractivity contribution is 6.06. The van der Waals surface area contributed by atoms with E-state index in [-0.39, 0.29) is 43.7 Å². The van der Waals surface area contributed by atoms with Crippen LogP contribution in [0, 0.1) is 0 Å². The maximum Gasteiger partial charge on any atom is 0.306 e. The Kier molecular flexibility index (Phi) is 6.39. The van der Waals surface area contributed by atoms with E-state index >= 15 is 0 Å². The summed E-state index contributed by atoms with van der Waals surface area (Å²) in [4.78, 5) is 24.1. The molecule has 132 valence electrons. The minimum Gasteiger partial charge on any atom is -0.488 e. The van der Waals surface area contributed by atoms with Crippen molar-refractivity contribution in [2.45, 2.75) is 19.4 Å². The van der Waals surface area contributed by atoms with Gasteiger partial charge in [-0.15, -0.1) is 0 Å². The Labute approximate surface area is 139 Å². The van der Waals surface area contributed by atoms with Gasteiger partial charge in [-0.25, -0.2) is 0 Å². The summed E-state index contributed by atoms with van der Waals surface area (Å²) >= 11 is 0. The SMILES string of the molecule is CCC(=O)OC1COc2cc(OCOC)cc(OCOC)c2C1=O. The van der Waals surface area contributed by atoms with Gasteiger partial charge in [-0.3, -0.25) is 9.59 Å². The van der Waals surface area contributed by atoms with Crippen molar-refractivity contribution in [3.63, 3.8) is 0 Å². The second-order valence-corrected chi connectivity index (χ2v) is 4.90. The van der Waals surface area contributed by atoms with Crippen LogP contribution < -0.4 is 14.2 Å². The number of ether oxygens (including phenoxy) is 6. The van der Waals surface area contributed by atoms with Crippen LogP contribution in [0.3, 0.4) is 0 Å². The molecule has 24 heavy (non-hydrogen) atoms. The highest BCUT2D eigenvalue weighted by Gasteiger charge is 2.35. The Balaban J connectivity index is 2.31. The van der Waals surface area contributed by atoms with Gasteiger partial charge in [0.2, 0.25) is 5.78 Å². The topological polar surface area (TPSA) is 89.5 Å². The number of ketones is 1. The summed E-state index contributed by atoms with van der Waals surface area (Å²) in [6, 6.07) is 3.09. The largest absolute Gasteiger partial charge is 0.488 e. The molecule has 0 saturated heterocycles. The molecule has 0 bridgehead atoms. The molecule has 1 unspecified atom stereocenters. The van der Waals surface area contributed by atoms with Crippen LogP contribution in [0.2, 0.25) is 0 Å². The van der Waals surface area contributed by atoms with Gasteiger partial charge in [0, 0.05) is 32.8 Å². The van der Waals surface area contributed by atoms with Crippen molar-refractivity contribution in [1.82, 2.24) is 0 Å². The van der Waals surface area contributed by atoms with Crippen LogP contribution in [0.4, 0.5) is 0 Å². The molecule has 1 heterocycles. The summed E-state index contributed by atoms with van der Waals surface area (Å²) in [7, 11) is 2.95. The van der Waals surface area contributed by atoms with Crippen LogP contribution in [0.15, 0.2) is 12.1 Å². The average molecular weight is 340 g/mol. The number of carbonyl (C=O) groups excluding carboxylic acids is 2. The Bertz CT molecular complexity index is 598. The van der Waals surface area contributed by atoms with E-state index in [0.29, 0.717) is 11.5 Å². The van der Waals surface area contributed by atoms with Crippen LogP contribution in [0.25, 0.3) is 0 Å². The first-order valence-electron chi connectivity index (χ1n) is 7.38. The number of hydrogen-bond acceptors (Lipinski definition) is 8. The molecule has 0 aliphatic carbocycles. The minimum atomic E-state index is -0.999. The molecule has 0 aromatic heterocycles. The fraction of sp³-hybridized carbons (Fsp3) is 0.500. The number of hydrogen-bond donors (Lipinski definition) is 0. The summed E-state index contributed by atoms with van der Waals surface area (Å²) in [6.45, 7) is 1.56. The molecule has 1 aromatic carbocycles. The number of rotatable bonds is 8. The van der Waals surface area contributed by atoms with Gasteiger partial charge in [0.25, 0.3) is 0 Å². The number of Topliss-reactive ketones (excluding diaryl/α,β-unsaturated/α-hetero) is 1. The predicted octanol–water partition coefficient (Wildman–Crippen LogP) is 1.55. The summed E-state index contributed by atoms with van der Waals surface area (Å²) < 4.78 is 31.2. The molecule has 1 atom stereocenters. The molecular weight excluding hydrogens is 320 g/mol. The molecule has 0 N–H and O–H groups in total. The van der Waals surface area contributed by atoms with Gasteiger partial charge in [0.1, 0.15) is 29.4 Å². The zero-order chi connectivity index (χ0) is 17.5. The van der Waals surface area contributed by atoms with Gasteiger partial charge < -0.3 is 28.4 Å². The van der Waals surface area contributed by atoms with Crippen LogP contribution in [-0.4, -0.2) is 52.3 Å². The van der Waals surface area contributed by atoms with Crippen molar-refractivity contribution in [2.75, 3.05) is 34.4 Å². The number of esters is 1. The van der Waals surface area contributed by atoms with Gasteiger partial charge in [0.15, 0.2) is 19.7 Å². The van der Waals surface area contributed by atoms with Crippen LogP contribution in [0.1, 0.15) is 23.7 Å². The second-order valence-electron chi connectivity index (χ2n) is 4.90. The van der Waals surface area contributed by atoms with E-state index in [1.807, 2.05) is 0 Å². The molecule has 8 nitrogen and oxygen atoms in total. The lowest BCUT2D eigenvalue weighted by atomic mass is 10.0. The summed E-state index contributed by atoms with van der Waals surface area (Å²) in [5.74, 6) is 0.0759. The van der Waals surface area contributed by atoms with Gasteiger partial charge in [0.05, 0.1) is 0 Å². The van der Waals surface area contributed by atoms with E-state index in [1.54, 1.807) is 13.0 Å². The predicted molar refractivity (Wildman–Crippen MR) is 81.4 cm³/mol. The molecule has 0 spiro atoms. The maximum atomic E-state index is 12.6. The Hall–Kier alpha value is -2.32. The van der Waals surface area contributed by atoms with Gasteiger partial charge >= 0.3 is 5.97 Å². The molecule has 1 aliphatic rings. The first kappa shape index (κ1) is 18.0. The van der Waals surface area contributed by atoms with E-state index in [1.165, 1.54) is 20.3 Å². The third-order valence-corrected chi connectivity index (χ3v) is 3.21. The molecule has 8 heteroatoms. The van der Waals surface area contributed by atoms with E-state index in [4.69, 9.17) is 28.4 Å². The Morgan fingerprint density at radius 3 is 2.58 bits per heavy atom. The smallest absolute Gasteiger partial charge is 0.306 e. The molecule has 1 aliphatic heterocycles. The standard InChI is InChI=1S/C16H20O8/c1-4-14(17)24-13-7-21-11-5-10(22-8-19-2)6-12(23-9-20-3)15(11)16(13)18/h5-6,13H,4,7-9H2,1-3H3. The molecule has 1 aromatic rings. The van der Waals surface area contributed by atoms with Gasteiger partial charge in [-0.1, -0.05) is 6.92 Å². The van der Waals surface area contributed by atoms with Crippen molar-refractivity contribution < 1.29 is 38.0 Å². The van der Waals surface area contributed by atoms with E-state index in [2.05, 4.69) is 0 Å². The van der Waals surface area contributed by atoms with Crippen molar-refractivity contribution >= 4 is 11.8 Å². The van der Waals surface area contributed by atoms with E-state index in [9.17, 15) is 9.59 Å². The Morgan fingerprint density at radius 2 is 1.92 bits per heavy atom. The Morgan fingerprint density at radius 1 is 1.21 bits per heavy atom. The van der Waals surface area contributed by atoms with E-state index in [0.717, 1.165) is 0 Å². The average Bonchev–Trinajstić information content (AvgIpc) is 2.59. The fourth-order valence-corrected chi connectivity index (χ4v) is 2.10. The summed E-state index contributed by atoms with van der Waals surface area (Å²) in [5, 5.41) is 0. The lowest BCUT2D eigenvalue weighted by molar-refractivity contribution is -0.148. The quantitative estimate of drug-likeness (QED) is 0.520. The summed E-state index contributed by atoms with van der Waals surface area (Å²) in [5.41, 5.74) is 0.192. The maximum absolute atomic E-state index is 12.6. The van der Waals surface area contributed by atoms with Crippen LogP contribution >= 0.6 is 0 Å². The monoisotopic (exact) mass is 340 g/mol. The first-order chi connectivity index (χ1) is 11.6. The lowest BCUT2D eigenvalue weighted by Gasteiger charge is -2.26. The van der Waals surface area contributed by atoms with Crippen LogP contribution in [-0.2, 0) is 19.0 Å². The molecule has 0 radical (unpaired) electrons. The van der Waals surface area contributed by atoms with Crippen molar-refractivity contribution in [3.8, 4) is 17.2 Å². The van der Waals surface area contributed by atoms with Crippen molar-refractivity contribution in [1.29, 1.82) is 0 Å². The molecule has 0 amide bonds. The number of fused-ring (bicyclic) bond motifs is 1. The van der Waals surface area contributed by atoms with E-state index < -0.39 is 12.1 Å². The van der Waals surface area contributed by atoms with Gasteiger partial charge in [-0.2, -0.15) is 0 Å². The normalized spacial score (nSPS) is 16.1.